The summed E-state index contributed by atoms with van der Waals surface area (Å²) in [4.78, 5) is 27.9. The maximum absolute atomic E-state index is 12.4. The number of para-hydroxylation sites is 2. The molecular weight excluding hydrogens is 368 g/mol. The molecule has 1 aromatic heterocycles. The molecule has 6 heteroatoms. The molecule has 2 aromatic carbocycles. The number of amides is 1. The Morgan fingerprint density at radius 2 is 1.83 bits per heavy atom. The van der Waals surface area contributed by atoms with Crippen LogP contribution in [0.15, 0.2) is 59.0 Å². The molecule has 0 radical (unpaired) electrons. The van der Waals surface area contributed by atoms with Crippen LogP contribution in [0, 0.1) is 0 Å². The normalized spacial score (nSPS) is 12.9. The summed E-state index contributed by atoms with van der Waals surface area (Å²) in [5, 5.41) is 12.0. The first-order valence-corrected chi connectivity index (χ1v) is 9.39. The third-order valence-corrected chi connectivity index (χ3v) is 4.56. The average Bonchev–Trinajstić information content (AvgIpc) is 3.08. The third kappa shape index (κ3) is 5.31. The Hall–Kier alpha value is -3.41. The molecule has 29 heavy (non-hydrogen) atoms. The van der Waals surface area contributed by atoms with Gasteiger partial charge in [0, 0.05) is 12.2 Å². The van der Waals surface area contributed by atoms with Crippen LogP contribution >= 0.6 is 0 Å². The van der Waals surface area contributed by atoms with E-state index in [1.54, 1.807) is 6.07 Å². The number of carbonyl (C=O) groups excluding carboxylic acids is 1. The lowest BCUT2D eigenvalue weighted by molar-refractivity contribution is -0.137. The molecule has 150 valence electrons. The minimum atomic E-state index is -0.988. The van der Waals surface area contributed by atoms with Gasteiger partial charge >= 0.3 is 5.97 Å². The largest absolute Gasteiger partial charge is 0.481 e. The standard InChI is InChI=1S/C23H24N2O4/c1-23(2,3)16-10-8-15(9-11-16)18(14-22(27)28)24-20(26)12-13-21-25-17-6-4-5-7-19(17)29-21/h4-13,18H,14H2,1-3H3,(H,24,26)(H,27,28)/b13-12+. The molecule has 0 aliphatic carbocycles. The second-order valence-corrected chi connectivity index (χ2v) is 7.88. The minimum Gasteiger partial charge on any atom is -0.481 e. The maximum atomic E-state index is 12.4. The number of benzene rings is 2. The Kier molecular flexibility index (Phi) is 5.82. The fraction of sp³-hybridized carbons (Fsp3) is 0.261. The molecule has 1 atom stereocenters. The van der Waals surface area contributed by atoms with E-state index in [4.69, 9.17) is 4.42 Å². The van der Waals surface area contributed by atoms with E-state index in [1.165, 1.54) is 12.2 Å². The van der Waals surface area contributed by atoms with E-state index in [-0.39, 0.29) is 11.8 Å². The lowest BCUT2D eigenvalue weighted by Crippen LogP contribution is -2.28. The highest BCUT2D eigenvalue weighted by Crippen LogP contribution is 2.25. The number of fused-ring (bicyclic) bond motifs is 1. The fourth-order valence-corrected chi connectivity index (χ4v) is 2.97. The number of rotatable bonds is 6. The van der Waals surface area contributed by atoms with Crippen LogP contribution < -0.4 is 5.32 Å². The number of nitrogens with zero attached hydrogens (tertiary/aromatic N) is 1. The van der Waals surface area contributed by atoms with Crippen molar-refractivity contribution in [2.24, 2.45) is 0 Å². The first-order chi connectivity index (χ1) is 13.7. The third-order valence-electron chi connectivity index (χ3n) is 4.56. The van der Waals surface area contributed by atoms with Gasteiger partial charge in [-0.25, -0.2) is 4.98 Å². The molecule has 6 nitrogen and oxygen atoms in total. The van der Waals surface area contributed by atoms with Gasteiger partial charge in [0.05, 0.1) is 12.5 Å². The molecule has 1 heterocycles. The van der Waals surface area contributed by atoms with E-state index in [1.807, 2.05) is 42.5 Å². The van der Waals surface area contributed by atoms with Crippen LogP contribution in [0.3, 0.4) is 0 Å². The lowest BCUT2D eigenvalue weighted by Gasteiger charge is -2.21. The summed E-state index contributed by atoms with van der Waals surface area (Å²) < 4.78 is 5.55. The summed E-state index contributed by atoms with van der Waals surface area (Å²) in [5.74, 6) is -1.10. The summed E-state index contributed by atoms with van der Waals surface area (Å²) >= 11 is 0. The predicted octanol–water partition coefficient (Wildman–Crippen LogP) is 4.47. The van der Waals surface area contributed by atoms with Crippen LogP contribution in [0.25, 0.3) is 17.2 Å². The summed E-state index contributed by atoms with van der Waals surface area (Å²) in [6.45, 7) is 6.32. The second-order valence-electron chi connectivity index (χ2n) is 7.88. The van der Waals surface area contributed by atoms with E-state index in [0.29, 0.717) is 17.0 Å². The first-order valence-electron chi connectivity index (χ1n) is 9.39. The predicted molar refractivity (Wildman–Crippen MR) is 111 cm³/mol. The molecule has 0 fully saturated rings. The first kappa shape index (κ1) is 20.3. The van der Waals surface area contributed by atoms with E-state index in [0.717, 1.165) is 11.1 Å². The zero-order valence-electron chi connectivity index (χ0n) is 16.7. The molecule has 1 amide bonds. The van der Waals surface area contributed by atoms with Gasteiger partial charge in [-0.1, -0.05) is 57.2 Å². The van der Waals surface area contributed by atoms with E-state index in [9.17, 15) is 14.7 Å². The van der Waals surface area contributed by atoms with Gasteiger partial charge in [0.1, 0.15) is 5.52 Å². The van der Waals surface area contributed by atoms with Crippen LogP contribution in [0.4, 0.5) is 0 Å². The van der Waals surface area contributed by atoms with Gasteiger partial charge in [-0.05, 0) is 28.7 Å². The van der Waals surface area contributed by atoms with E-state index >= 15 is 0 Å². The smallest absolute Gasteiger partial charge is 0.305 e. The van der Waals surface area contributed by atoms with Gasteiger partial charge in [0.25, 0.3) is 0 Å². The van der Waals surface area contributed by atoms with Gasteiger partial charge in [0.15, 0.2) is 5.58 Å². The van der Waals surface area contributed by atoms with Crippen molar-refractivity contribution in [1.29, 1.82) is 0 Å². The van der Waals surface area contributed by atoms with Crippen LogP contribution in [0.1, 0.15) is 50.3 Å². The lowest BCUT2D eigenvalue weighted by atomic mass is 9.86. The van der Waals surface area contributed by atoms with Crippen molar-refractivity contribution in [2.75, 3.05) is 0 Å². The van der Waals surface area contributed by atoms with E-state index in [2.05, 4.69) is 31.1 Å². The highest BCUT2D eigenvalue weighted by atomic mass is 16.4. The van der Waals surface area contributed by atoms with E-state index < -0.39 is 17.9 Å². The molecule has 0 aliphatic heterocycles. The Labute approximate surface area is 169 Å². The van der Waals surface area contributed by atoms with Gasteiger partial charge in [-0.2, -0.15) is 0 Å². The van der Waals surface area contributed by atoms with Crippen molar-refractivity contribution in [3.8, 4) is 0 Å². The monoisotopic (exact) mass is 392 g/mol. The Morgan fingerprint density at radius 3 is 2.45 bits per heavy atom. The number of carboxylic acids is 1. The SMILES string of the molecule is CC(C)(C)c1ccc(C(CC(=O)O)NC(=O)/C=C/c2nc3ccccc3o2)cc1. The summed E-state index contributed by atoms with van der Waals surface area (Å²) in [7, 11) is 0. The number of carboxylic acid groups (broad SMARTS) is 1. The average molecular weight is 392 g/mol. The van der Waals surface area contributed by atoms with Crippen molar-refractivity contribution in [2.45, 2.75) is 38.6 Å². The highest BCUT2D eigenvalue weighted by molar-refractivity contribution is 5.92. The van der Waals surface area contributed by atoms with Crippen molar-refractivity contribution < 1.29 is 19.1 Å². The Balaban J connectivity index is 1.73. The summed E-state index contributed by atoms with van der Waals surface area (Å²) in [6.07, 6.45) is 2.55. The van der Waals surface area contributed by atoms with Crippen LogP contribution in [-0.4, -0.2) is 22.0 Å². The Morgan fingerprint density at radius 1 is 1.14 bits per heavy atom. The van der Waals surface area contributed by atoms with Crippen molar-refractivity contribution in [1.82, 2.24) is 10.3 Å². The number of aliphatic carboxylic acids is 1. The topological polar surface area (TPSA) is 92.4 Å². The van der Waals surface area contributed by atoms with Gasteiger partial charge in [-0.3, -0.25) is 9.59 Å². The van der Waals surface area contributed by atoms with Crippen LogP contribution in [-0.2, 0) is 15.0 Å². The van der Waals surface area contributed by atoms with Gasteiger partial charge in [-0.15, -0.1) is 0 Å². The number of oxazole rings is 1. The number of aromatic nitrogens is 1. The molecule has 0 saturated heterocycles. The fourth-order valence-electron chi connectivity index (χ4n) is 2.97. The van der Waals surface area contributed by atoms with Crippen LogP contribution in [0.2, 0.25) is 0 Å². The minimum absolute atomic E-state index is 0.00755. The highest BCUT2D eigenvalue weighted by Gasteiger charge is 2.19. The molecular formula is C23H24N2O4. The maximum Gasteiger partial charge on any atom is 0.305 e. The molecule has 2 N–H and O–H groups in total. The number of hydrogen-bond acceptors (Lipinski definition) is 4. The Bertz CT molecular complexity index is 1010. The van der Waals surface area contributed by atoms with Crippen LogP contribution in [0.5, 0.6) is 0 Å². The molecule has 3 rings (SSSR count). The zero-order chi connectivity index (χ0) is 21.0. The van der Waals surface area contributed by atoms with Crippen molar-refractivity contribution in [3.05, 3.63) is 71.6 Å². The molecule has 1 unspecified atom stereocenters. The molecule has 3 aromatic rings. The molecule has 0 bridgehead atoms. The quantitative estimate of drug-likeness (QED) is 0.604. The second kappa shape index (κ2) is 8.31. The molecule has 0 saturated carbocycles. The summed E-state index contributed by atoms with van der Waals surface area (Å²) in [5.41, 5.74) is 3.21. The molecule has 0 spiro atoms. The summed E-state index contributed by atoms with van der Waals surface area (Å²) in [6, 6.07) is 14.3. The number of carbonyl (C=O) groups is 2. The zero-order valence-corrected chi connectivity index (χ0v) is 16.7. The number of hydrogen-bond donors (Lipinski definition) is 2. The van der Waals surface area contributed by atoms with Crippen molar-refractivity contribution >= 4 is 29.1 Å². The van der Waals surface area contributed by atoms with Crippen molar-refractivity contribution in [3.63, 3.8) is 0 Å². The number of nitrogens with one attached hydrogen (secondary N) is 1. The van der Waals surface area contributed by atoms with Gasteiger partial charge in [0.2, 0.25) is 11.8 Å². The molecule has 0 aliphatic rings. The van der Waals surface area contributed by atoms with Gasteiger partial charge < -0.3 is 14.8 Å².